The second kappa shape index (κ2) is 6.65. The number of aliphatic hydroxyl groups is 1. The molecule has 1 N–H and O–H groups in total. The lowest BCUT2D eigenvalue weighted by atomic mass is 9.93. The van der Waals surface area contributed by atoms with Gasteiger partial charge in [0, 0.05) is 29.8 Å². The van der Waals surface area contributed by atoms with E-state index in [1.54, 1.807) is 0 Å². The summed E-state index contributed by atoms with van der Waals surface area (Å²) in [6.45, 7) is 6.55. The third kappa shape index (κ3) is 2.46. The Bertz CT molecular complexity index is 849. The maximum Gasteiger partial charge on any atom is 0.193 e. The lowest BCUT2D eigenvalue weighted by Gasteiger charge is -2.38. The van der Waals surface area contributed by atoms with E-state index in [1.807, 2.05) is 61.2 Å². The highest BCUT2D eigenvalue weighted by molar-refractivity contribution is 6.04. The van der Waals surface area contributed by atoms with Crippen LogP contribution in [0, 0.1) is 0 Å². The topological polar surface area (TPSA) is 54.3 Å². The molecule has 0 radical (unpaired) electrons. The maximum absolute atomic E-state index is 11.9. The fraction of sp³-hybridized carbons (Fsp3) is 0.381. The molecule has 2 aromatic rings. The van der Waals surface area contributed by atoms with Crippen LogP contribution in [0.25, 0.3) is 0 Å². The summed E-state index contributed by atoms with van der Waals surface area (Å²) >= 11 is 0. The molecule has 4 rings (SSSR count). The molecule has 136 valence electrons. The molecular weight excluding hydrogens is 328 g/mol. The molecule has 0 aliphatic carbocycles. The van der Waals surface area contributed by atoms with Gasteiger partial charge in [-0.15, -0.1) is 0 Å². The van der Waals surface area contributed by atoms with Crippen molar-refractivity contribution in [2.24, 2.45) is 4.99 Å². The molecule has 5 heteroatoms. The molecule has 0 spiro atoms. The first-order valence-electron chi connectivity index (χ1n) is 9.24. The van der Waals surface area contributed by atoms with Gasteiger partial charge in [-0.25, -0.2) is 0 Å². The van der Waals surface area contributed by atoms with Crippen LogP contribution in [-0.2, 0) is 5.72 Å². The molecular formula is C21H24N2O3. The third-order valence-corrected chi connectivity index (χ3v) is 4.94. The van der Waals surface area contributed by atoms with Crippen LogP contribution < -0.4 is 9.47 Å². The minimum atomic E-state index is -1.24. The fourth-order valence-electron chi connectivity index (χ4n) is 3.86. The highest BCUT2D eigenvalue weighted by atomic mass is 16.5. The second-order valence-corrected chi connectivity index (χ2v) is 6.46. The zero-order valence-electron chi connectivity index (χ0n) is 15.2. The Morgan fingerprint density at radius 2 is 1.85 bits per heavy atom. The first kappa shape index (κ1) is 16.9. The number of rotatable bonds is 5. The molecule has 0 aromatic heterocycles. The van der Waals surface area contributed by atoms with E-state index in [-0.39, 0.29) is 0 Å². The first-order valence-corrected chi connectivity index (χ1v) is 9.24. The van der Waals surface area contributed by atoms with Crippen LogP contribution in [0.4, 0.5) is 0 Å². The van der Waals surface area contributed by atoms with Gasteiger partial charge in [-0.05, 0) is 38.5 Å². The number of fused-ring (bicyclic) bond motifs is 3. The van der Waals surface area contributed by atoms with Crippen LogP contribution in [0.2, 0.25) is 0 Å². The molecule has 1 atom stereocenters. The zero-order valence-corrected chi connectivity index (χ0v) is 15.2. The molecule has 2 aromatic carbocycles. The lowest BCUT2D eigenvalue weighted by molar-refractivity contribution is -0.0319. The summed E-state index contributed by atoms with van der Waals surface area (Å²) in [7, 11) is 0. The minimum absolute atomic E-state index is 0.537. The molecule has 0 bridgehead atoms. The number of hydrogen-bond acceptors (Lipinski definition) is 5. The van der Waals surface area contributed by atoms with Gasteiger partial charge in [-0.3, -0.25) is 4.99 Å². The van der Waals surface area contributed by atoms with Crippen LogP contribution in [0.5, 0.6) is 11.5 Å². The van der Waals surface area contributed by atoms with E-state index in [0.29, 0.717) is 24.7 Å². The number of nitrogens with zero attached hydrogens (tertiary/aromatic N) is 2. The van der Waals surface area contributed by atoms with Crippen molar-refractivity contribution in [2.75, 3.05) is 26.3 Å². The quantitative estimate of drug-likeness (QED) is 0.898. The van der Waals surface area contributed by atoms with Crippen molar-refractivity contribution in [1.82, 2.24) is 4.90 Å². The molecule has 0 saturated heterocycles. The van der Waals surface area contributed by atoms with Crippen LogP contribution in [0.1, 0.15) is 37.0 Å². The number of hydrogen-bond donors (Lipinski definition) is 1. The average molecular weight is 352 g/mol. The molecule has 0 saturated carbocycles. The number of amidine groups is 1. The number of benzene rings is 2. The largest absolute Gasteiger partial charge is 0.490 e. The average Bonchev–Trinajstić information content (AvgIpc) is 2.94. The van der Waals surface area contributed by atoms with Crippen molar-refractivity contribution in [2.45, 2.75) is 26.0 Å². The van der Waals surface area contributed by atoms with Gasteiger partial charge in [0.05, 0.1) is 13.2 Å². The Balaban J connectivity index is 1.87. The van der Waals surface area contributed by atoms with Gasteiger partial charge >= 0.3 is 0 Å². The smallest absolute Gasteiger partial charge is 0.193 e. The van der Waals surface area contributed by atoms with Crippen LogP contribution in [0.3, 0.4) is 0 Å². The Hall–Kier alpha value is -2.53. The van der Waals surface area contributed by atoms with Gasteiger partial charge in [-0.1, -0.05) is 24.3 Å². The van der Waals surface area contributed by atoms with E-state index in [4.69, 9.17) is 9.47 Å². The van der Waals surface area contributed by atoms with E-state index >= 15 is 0 Å². The zero-order chi connectivity index (χ0) is 18.1. The molecule has 0 amide bonds. The van der Waals surface area contributed by atoms with Crippen LogP contribution in [-0.4, -0.2) is 42.1 Å². The van der Waals surface area contributed by atoms with Crippen molar-refractivity contribution in [3.8, 4) is 11.5 Å². The number of ether oxygens (including phenoxy) is 2. The minimum Gasteiger partial charge on any atom is -0.490 e. The third-order valence-electron chi connectivity index (χ3n) is 4.94. The lowest BCUT2D eigenvalue weighted by Crippen LogP contribution is -2.47. The summed E-state index contributed by atoms with van der Waals surface area (Å²) in [4.78, 5) is 6.69. The molecule has 2 aliphatic heterocycles. The van der Waals surface area contributed by atoms with Gasteiger partial charge in [0.25, 0.3) is 0 Å². The van der Waals surface area contributed by atoms with Crippen molar-refractivity contribution in [1.29, 1.82) is 0 Å². The summed E-state index contributed by atoms with van der Waals surface area (Å²) in [5.41, 5.74) is 1.39. The molecule has 2 aliphatic rings. The summed E-state index contributed by atoms with van der Waals surface area (Å²) in [6, 6.07) is 13.6. The predicted molar refractivity (Wildman–Crippen MR) is 101 cm³/mol. The van der Waals surface area contributed by atoms with Gasteiger partial charge in [0.2, 0.25) is 0 Å². The standard InChI is InChI=1S/C21H24N2O3/c1-3-25-18-11-10-15(14-19(18)26-4-2)21(24)17-9-6-5-8-16(17)20-22-12-7-13-23(20)21/h5-6,8-11,14,24H,3-4,7,12-13H2,1-2H3. The van der Waals surface area contributed by atoms with E-state index < -0.39 is 5.72 Å². The Morgan fingerprint density at radius 3 is 2.65 bits per heavy atom. The summed E-state index contributed by atoms with van der Waals surface area (Å²) in [5.74, 6) is 2.22. The van der Waals surface area contributed by atoms with Crippen LogP contribution in [0.15, 0.2) is 47.5 Å². The van der Waals surface area contributed by atoms with Gasteiger partial charge < -0.3 is 19.5 Å². The Morgan fingerprint density at radius 1 is 1.08 bits per heavy atom. The normalized spacial score (nSPS) is 21.0. The highest BCUT2D eigenvalue weighted by Crippen LogP contribution is 2.45. The van der Waals surface area contributed by atoms with E-state index in [1.165, 1.54) is 0 Å². The highest BCUT2D eigenvalue weighted by Gasteiger charge is 2.49. The number of aliphatic imine (C=N–C) groups is 1. The van der Waals surface area contributed by atoms with Crippen molar-refractivity contribution in [3.05, 3.63) is 59.2 Å². The van der Waals surface area contributed by atoms with Crippen molar-refractivity contribution < 1.29 is 14.6 Å². The van der Waals surface area contributed by atoms with E-state index in [0.717, 1.165) is 42.0 Å². The summed E-state index contributed by atoms with van der Waals surface area (Å²) in [5, 5.41) is 11.9. The summed E-state index contributed by atoms with van der Waals surface area (Å²) in [6.07, 6.45) is 0.926. The second-order valence-electron chi connectivity index (χ2n) is 6.46. The van der Waals surface area contributed by atoms with Crippen molar-refractivity contribution >= 4 is 5.84 Å². The van der Waals surface area contributed by atoms with E-state index in [2.05, 4.69) is 4.99 Å². The summed E-state index contributed by atoms with van der Waals surface area (Å²) < 4.78 is 11.4. The predicted octanol–water partition coefficient (Wildman–Crippen LogP) is 3.14. The van der Waals surface area contributed by atoms with Gasteiger partial charge in [0.15, 0.2) is 17.2 Å². The SMILES string of the molecule is CCOc1ccc(C2(O)c3ccccc3C3=NCCCN32)cc1OCC. The Kier molecular flexibility index (Phi) is 4.32. The fourth-order valence-corrected chi connectivity index (χ4v) is 3.86. The Labute approximate surface area is 153 Å². The molecule has 5 nitrogen and oxygen atoms in total. The first-order chi connectivity index (χ1) is 12.7. The van der Waals surface area contributed by atoms with Gasteiger partial charge in [0.1, 0.15) is 5.84 Å². The molecule has 0 fully saturated rings. The molecule has 1 unspecified atom stereocenters. The molecule has 2 heterocycles. The van der Waals surface area contributed by atoms with Crippen molar-refractivity contribution in [3.63, 3.8) is 0 Å². The van der Waals surface area contributed by atoms with Crippen LogP contribution >= 0.6 is 0 Å². The molecule has 26 heavy (non-hydrogen) atoms. The van der Waals surface area contributed by atoms with E-state index in [9.17, 15) is 5.11 Å². The van der Waals surface area contributed by atoms with Gasteiger partial charge in [-0.2, -0.15) is 0 Å². The maximum atomic E-state index is 11.9. The monoisotopic (exact) mass is 352 g/mol.